The number of furan rings is 1. The molecule has 0 saturated heterocycles. The van der Waals surface area contributed by atoms with E-state index in [0.29, 0.717) is 16.1 Å². The average molecular weight is 323 g/mol. The van der Waals surface area contributed by atoms with Gasteiger partial charge in [-0.05, 0) is 52.7 Å². The largest absolute Gasteiger partial charge is 0.444 e. The fourth-order valence-electron chi connectivity index (χ4n) is 1.48. The van der Waals surface area contributed by atoms with Gasteiger partial charge in [-0.2, -0.15) is 0 Å². The Balaban J connectivity index is 2.10. The van der Waals surface area contributed by atoms with Crippen LogP contribution in [0.1, 0.15) is 23.0 Å². The maximum Gasteiger partial charge on any atom is 0.291 e. The molecule has 6 heteroatoms. The third kappa shape index (κ3) is 3.23. The zero-order valence-electron chi connectivity index (χ0n) is 10.1. The summed E-state index contributed by atoms with van der Waals surface area (Å²) in [4.78, 5) is 11.8. The van der Waals surface area contributed by atoms with Crippen LogP contribution in [0.4, 0.5) is 5.69 Å². The number of benzene rings is 1. The minimum absolute atomic E-state index is 0.226. The summed E-state index contributed by atoms with van der Waals surface area (Å²) in [5.41, 5.74) is 1.92. The zero-order valence-corrected chi connectivity index (χ0v) is 11.6. The van der Waals surface area contributed by atoms with E-state index in [1.807, 2.05) is 0 Å². The molecule has 0 aliphatic rings. The maximum atomic E-state index is 11.8. The predicted molar refractivity (Wildman–Crippen MR) is 74.8 cm³/mol. The second-order valence-corrected chi connectivity index (χ2v) is 4.60. The minimum Gasteiger partial charge on any atom is -0.444 e. The lowest BCUT2D eigenvalue weighted by Crippen LogP contribution is -2.10. The van der Waals surface area contributed by atoms with Crippen molar-refractivity contribution < 1.29 is 14.4 Å². The first-order valence-corrected chi connectivity index (χ1v) is 6.25. The van der Waals surface area contributed by atoms with Crippen molar-refractivity contribution in [1.29, 1.82) is 0 Å². The van der Waals surface area contributed by atoms with Crippen LogP contribution in [0.5, 0.6) is 0 Å². The Morgan fingerprint density at radius 2 is 1.95 bits per heavy atom. The quantitative estimate of drug-likeness (QED) is 0.516. The second kappa shape index (κ2) is 5.71. The molecule has 19 heavy (non-hydrogen) atoms. The Kier molecular flexibility index (Phi) is 4.01. The van der Waals surface area contributed by atoms with Gasteiger partial charge in [0.25, 0.3) is 5.91 Å². The van der Waals surface area contributed by atoms with Crippen molar-refractivity contribution >= 4 is 33.2 Å². The number of anilines is 1. The molecule has 0 aliphatic heterocycles. The molecule has 1 heterocycles. The minimum atomic E-state index is -0.328. The Labute approximate surface area is 118 Å². The van der Waals surface area contributed by atoms with Gasteiger partial charge in [0.15, 0.2) is 10.4 Å². The highest BCUT2D eigenvalue weighted by Gasteiger charge is 2.10. The van der Waals surface area contributed by atoms with Crippen LogP contribution in [0, 0.1) is 0 Å². The zero-order chi connectivity index (χ0) is 13.8. The summed E-state index contributed by atoms with van der Waals surface area (Å²) in [6, 6.07) is 10.2. The molecule has 0 unspecified atom stereocenters. The number of oxime groups is 1. The van der Waals surface area contributed by atoms with Gasteiger partial charge in [-0.25, -0.2) is 0 Å². The number of carbonyl (C=O) groups excluding carboxylic acids is 1. The highest BCUT2D eigenvalue weighted by molar-refractivity contribution is 9.10. The molecular weight excluding hydrogens is 312 g/mol. The van der Waals surface area contributed by atoms with Crippen molar-refractivity contribution in [2.24, 2.45) is 5.16 Å². The van der Waals surface area contributed by atoms with E-state index in [0.717, 1.165) is 5.56 Å². The Bertz CT molecular complexity index is 617. The van der Waals surface area contributed by atoms with Gasteiger partial charge in [0.2, 0.25) is 0 Å². The van der Waals surface area contributed by atoms with E-state index in [1.54, 1.807) is 43.3 Å². The molecule has 2 rings (SSSR count). The molecule has 0 aliphatic carbocycles. The first kappa shape index (κ1) is 13.4. The van der Waals surface area contributed by atoms with Crippen LogP contribution in [0.3, 0.4) is 0 Å². The van der Waals surface area contributed by atoms with Crippen molar-refractivity contribution in [2.75, 3.05) is 5.32 Å². The highest BCUT2D eigenvalue weighted by atomic mass is 79.9. The summed E-state index contributed by atoms with van der Waals surface area (Å²) in [6.45, 7) is 1.69. The van der Waals surface area contributed by atoms with Gasteiger partial charge in [0.05, 0.1) is 5.71 Å². The molecule has 1 amide bonds. The molecule has 0 saturated carbocycles. The third-order valence-corrected chi connectivity index (χ3v) is 2.93. The number of halogens is 1. The molecule has 0 radical (unpaired) electrons. The van der Waals surface area contributed by atoms with Gasteiger partial charge < -0.3 is 14.9 Å². The number of hydrogen-bond donors (Lipinski definition) is 2. The molecule has 1 aromatic heterocycles. The maximum absolute atomic E-state index is 11.8. The summed E-state index contributed by atoms with van der Waals surface area (Å²) in [5, 5.41) is 14.5. The first-order valence-electron chi connectivity index (χ1n) is 5.46. The summed E-state index contributed by atoms with van der Waals surface area (Å²) in [5.74, 6) is -0.102. The van der Waals surface area contributed by atoms with Crippen molar-refractivity contribution in [3.05, 3.63) is 52.4 Å². The van der Waals surface area contributed by atoms with Crippen LogP contribution in [-0.2, 0) is 0 Å². The van der Waals surface area contributed by atoms with Crippen molar-refractivity contribution in [3.63, 3.8) is 0 Å². The number of carbonyl (C=O) groups is 1. The lowest BCUT2D eigenvalue weighted by atomic mass is 10.1. The molecule has 2 N–H and O–H groups in total. The summed E-state index contributed by atoms with van der Waals surface area (Å²) in [7, 11) is 0. The standard InChI is InChI=1S/C13H11BrN2O3/c1-8(16-18)9-2-4-10(5-3-9)15-13(17)11-6-7-12(14)19-11/h2-7,18H,1H3,(H,15,17)/b16-8+. The normalized spacial score (nSPS) is 11.4. The molecule has 0 bridgehead atoms. The fraction of sp³-hybridized carbons (Fsp3) is 0.0769. The van der Waals surface area contributed by atoms with Crippen LogP contribution < -0.4 is 5.32 Å². The Morgan fingerprint density at radius 1 is 1.26 bits per heavy atom. The molecule has 0 fully saturated rings. The summed E-state index contributed by atoms with van der Waals surface area (Å²) in [6.07, 6.45) is 0. The monoisotopic (exact) mass is 322 g/mol. The smallest absolute Gasteiger partial charge is 0.291 e. The SMILES string of the molecule is C/C(=N\O)c1ccc(NC(=O)c2ccc(Br)o2)cc1. The van der Waals surface area contributed by atoms with Crippen molar-refractivity contribution in [3.8, 4) is 0 Å². The molecule has 98 valence electrons. The lowest BCUT2D eigenvalue weighted by Gasteiger charge is -2.04. The van der Waals surface area contributed by atoms with Crippen molar-refractivity contribution in [2.45, 2.75) is 6.92 Å². The number of hydrogen-bond acceptors (Lipinski definition) is 4. The molecule has 1 aromatic carbocycles. The summed E-state index contributed by atoms with van der Waals surface area (Å²) < 4.78 is 5.65. The first-order chi connectivity index (χ1) is 9.10. The van der Waals surface area contributed by atoms with Gasteiger partial charge >= 0.3 is 0 Å². The van der Waals surface area contributed by atoms with Gasteiger partial charge in [-0.15, -0.1) is 0 Å². The van der Waals surface area contributed by atoms with Crippen LogP contribution in [0.25, 0.3) is 0 Å². The lowest BCUT2D eigenvalue weighted by molar-refractivity contribution is 0.0995. The van der Waals surface area contributed by atoms with Crippen LogP contribution in [0.2, 0.25) is 0 Å². The van der Waals surface area contributed by atoms with E-state index in [4.69, 9.17) is 9.62 Å². The van der Waals surface area contributed by atoms with E-state index >= 15 is 0 Å². The van der Waals surface area contributed by atoms with Gasteiger partial charge in [0.1, 0.15) is 0 Å². The average Bonchev–Trinajstić information content (AvgIpc) is 2.85. The van der Waals surface area contributed by atoms with E-state index in [2.05, 4.69) is 26.4 Å². The van der Waals surface area contributed by atoms with Crippen LogP contribution in [-0.4, -0.2) is 16.8 Å². The van der Waals surface area contributed by atoms with E-state index in [1.165, 1.54) is 0 Å². The fourth-order valence-corrected chi connectivity index (χ4v) is 1.79. The Hall–Kier alpha value is -2.08. The number of amides is 1. The topological polar surface area (TPSA) is 74.8 Å². The second-order valence-electron chi connectivity index (χ2n) is 3.82. The number of nitrogens with one attached hydrogen (secondary N) is 1. The molecule has 0 spiro atoms. The molecule has 0 atom stereocenters. The van der Waals surface area contributed by atoms with Gasteiger partial charge in [0, 0.05) is 5.69 Å². The van der Waals surface area contributed by atoms with E-state index in [9.17, 15) is 4.79 Å². The predicted octanol–water partition coefficient (Wildman–Crippen LogP) is 3.49. The van der Waals surface area contributed by atoms with E-state index < -0.39 is 0 Å². The van der Waals surface area contributed by atoms with Crippen molar-refractivity contribution in [1.82, 2.24) is 0 Å². The van der Waals surface area contributed by atoms with E-state index in [-0.39, 0.29) is 11.7 Å². The van der Waals surface area contributed by atoms with Crippen LogP contribution in [0.15, 0.2) is 50.6 Å². The summed E-state index contributed by atoms with van der Waals surface area (Å²) >= 11 is 3.14. The third-order valence-electron chi connectivity index (χ3n) is 2.51. The van der Waals surface area contributed by atoms with Gasteiger partial charge in [-0.1, -0.05) is 17.3 Å². The number of nitrogens with zero attached hydrogens (tertiary/aromatic N) is 1. The molecule has 5 nitrogen and oxygen atoms in total. The molecular formula is C13H11BrN2O3. The highest BCUT2D eigenvalue weighted by Crippen LogP contribution is 2.16. The van der Waals surface area contributed by atoms with Crippen LogP contribution >= 0.6 is 15.9 Å². The number of rotatable bonds is 3. The Morgan fingerprint density at radius 3 is 2.47 bits per heavy atom. The molecule has 2 aromatic rings. The van der Waals surface area contributed by atoms with Gasteiger partial charge in [-0.3, -0.25) is 4.79 Å².